The third-order valence-corrected chi connectivity index (χ3v) is 19.2. The fourth-order valence-electron chi connectivity index (χ4n) is 14.2. The van der Waals surface area contributed by atoms with Crippen molar-refractivity contribution in [3.63, 3.8) is 0 Å². The molecule has 0 bridgehead atoms. The minimum atomic E-state index is 0.300. The summed E-state index contributed by atoms with van der Waals surface area (Å²) in [5.41, 5.74) is 34.5. The summed E-state index contributed by atoms with van der Waals surface area (Å²) < 4.78 is 9.34. The molecule has 4 heteroatoms. The zero-order valence-corrected chi connectivity index (χ0v) is 64.0. The normalized spacial score (nSPS) is 11.9. The van der Waals surface area contributed by atoms with Crippen molar-refractivity contribution in [2.75, 3.05) is 0 Å². The molecule has 0 spiro atoms. The summed E-state index contributed by atoms with van der Waals surface area (Å²) in [5.74, 6) is 0. The molecule has 0 aliphatic carbocycles. The molecule has 4 heterocycles. The molecule has 0 aliphatic heterocycles. The van der Waals surface area contributed by atoms with Gasteiger partial charge >= 0.3 is 0 Å². The van der Waals surface area contributed by atoms with Gasteiger partial charge in [0, 0.05) is 92.3 Å². The van der Waals surface area contributed by atoms with Gasteiger partial charge in [-0.25, -0.2) is 0 Å². The van der Waals surface area contributed by atoms with Crippen LogP contribution in [0.2, 0.25) is 0 Å². The van der Waals surface area contributed by atoms with E-state index in [1.165, 1.54) is 161 Å². The quantitative estimate of drug-likeness (QED) is 0.135. The van der Waals surface area contributed by atoms with Crippen molar-refractivity contribution in [1.29, 1.82) is 0 Å². The third-order valence-electron chi connectivity index (χ3n) is 19.2. The zero-order chi connectivity index (χ0) is 70.8. The van der Waals surface area contributed by atoms with E-state index >= 15 is 0 Å². The summed E-state index contributed by atoms with van der Waals surface area (Å²) in [6.07, 6.45) is 4.38. The molecule has 0 atom stereocenters. The highest BCUT2D eigenvalue weighted by Crippen LogP contribution is 2.33. The second-order valence-corrected chi connectivity index (χ2v) is 33.3. The SMILES string of the molecule is Cc1cc(C)c(C)c(-c2ccc3cc(CC(C)(C)C)ccc3[n+]2C)c1.Cc1cc(C)c(C)c(-c2ccc3ccc(CC(C)(C)C)cc3[n+]2C)c1.Cc1ccc(C)c(-c2ccc3ccc(CC(C)(C)C)cc3[n+]2C)c1.Cc1ccccc1-c1ccc2ccc(CC(C)(C)C)cc2[n+]1C. The fourth-order valence-corrected chi connectivity index (χ4v) is 14.2. The molecule has 8 aromatic carbocycles. The molecule has 0 saturated heterocycles. The van der Waals surface area contributed by atoms with Gasteiger partial charge in [0.1, 0.15) is 28.2 Å². The lowest BCUT2D eigenvalue weighted by molar-refractivity contribution is -0.633. The molecule has 0 fully saturated rings. The van der Waals surface area contributed by atoms with Crippen LogP contribution in [0.1, 0.15) is 155 Å². The van der Waals surface area contributed by atoms with Crippen molar-refractivity contribution >= 4 is 43.6 Å². The lowest BCUT2D eigenvalue weighted by atomic mass is 9.87. The number of hydrogen-bond donors (Lipinski definition) is 0. The van der Waals surface area contributed by atoms with Crippen LogP contribution < -0.4 is 18.3 Å². The second-order valence-electron chi connectivity index (χ2n) is 33.3. The molecule has 0 radical (unpaired) electrons. The van der Waals surface area contributed by atoms with Crippen LogP contribution in [0.4, 0.5) is 0 Å². The van der Waals surface area contributed by atoms with Gasteiger partial charge in [-0.3, -0.25) is 0 Å². The van der Waals surface area contributed by atoms with Crippen LogP contribution in [0, 0.1) is 84.0 Å². The Balaban J connectivity index is 0.000000152. The fraction of sp³-hybridized carbons (Fsp3) is 0.355. The van der Waals surface area contributed by atoms with E-state index in [-0.39, 0.29) is 0 Å². The highest BCUT2D eigenvalue weighted by molar-refractivity contribution is 5.82. The maximum absolute atomic E-state index is 2.36. The summed E-state index contributed by atoms with van der Waals surface area (Å²) in [7, 11) is 8.72. The van der Waals surface area contributed by atoms with Gasteiger partial charge in [0.05, 0.1) is 0 Å². The number of nitrogens with zero attached hydrogens (tertiary/aromatic N) is 4. The average Bonchev–Trinajstić information content (AvgIpc) is 0.815. The predicted molar refractivity (Wildman–Crippen MR) is 418 cm³/mol. The van der Waals surface area contributed by atoms with Crippen LogP contribution in [0.25, 0.3) is 88.6 Å². The van der Waals surface area contributed by atoms with E-state index in [1.54, 1.807) is 0 Å². The Morgan fingerprint density at radius 2 is 0.546 bits per heavy atom. The van der Waals surface area contributed by atoms with Crippen molar-refractivity contribution in [3.8, 4) is 45.0 Å². The summed E-state index contributed by atoms with van der Waals surface area (Å²) in [6.45, 7) is 47.3. The zero-order valence-electron chi connectivity index (χ0n) is 64.0. The van der Waals surface area contributed by atoms with Gasteiger partial charge in [-0.1, -0.05) is 167 Å². The van der Waals surface area contributed by atoms with E-state index in [1.807, 2.05) is 0 Å². The first-order chi connectivity index (χ1) is 45.4. The van der Waals surface area contributed by atoms with Gasteiger partial charge in [0.15, 0.2) is 0 Å². The highest BCUT2D eigenvalue weighted by Gasteiger charge is 2.24. The molecule has 502 valence electrons. The molecule has 0 unspecified atom stereocenters. The Morgan fingerprint density at radius 3 is 0.938 bits per heavy atom. The highest BCUT2D eigenvalue weighted by atomic mass is 15.0. The number of benzene rings is 8. The monoisotopic (exact) mass is 1290 g/mol. The van der Waals surface area contributed by atoms with E-state index in [9.17, 15) is 0 Å². The van der Waals surface area contributed by atoms with E-state index < -0.39 is 0 Å². The number of aromatic nitrogens is 4. The van der Waals surface area contributed by atoms with E-state index in [4.69, 9.17) is 0 Å². The molecule has 0 N–H and O–H groups in total. The van der Waals surface area contributed by atoms with Gasteiger partial charge in [-0.2, -0.15) is 18.3 Å². The molecular formula is C93H114N4+4. The van der Waals surface area contributed by atoms with Gasteiger partial charge in [0.25, 0.3) is 0 Å². The van der Waals surface area contributed by atoms with Crippen LogP contribution in [0.3, 0.4) is 0 Å². The van der Waals surface area contributed by atoms with Crippen LogP contribution in [0.15, 0.2) is 188 Å². The molecule has 97 heavy (non-hydrogen) atoms. The van der Waals surface area contributed by atoms with Crippen LogP contribution in [-0.4, -0.2) is 0 Å². The van der Waals surface area contributed by atoms with Crippen LogP contribution >= 0.6 is 0 Å². The minimum Gasteiger partial charge on any atom is -0.194 e. The van der Waals surface area contributed by atoms with Crippen molar-refractivity contribution in [2.24, 2.45) is 49.9 Å². The predicted octanol–water partition coefficient (Wildman–Crippen LogP) is 22.5. The Hall–Kier alpha value is -8.60. The number of hydrogen-bond acceptors (Lipinski definition) is 0. The van der Waals surface area contributed by atoms with Crippen molar-refractivity contribution in [3.05, 3.63) is 260 Å². The molecule has 0 amide bonds. The average molecular weight is 1290 g/mol. The van der Waals surface area contributed by atoms with E-state index in [0.29, 0.717) is 21.7 Å². The van der Waals surface area contributed by atoms with Gasteiger partial charge in [-0.05, 0) is 238 Å². The van der Waals surface area contributed by atoms with Crippen LogP contribution in [0.5, 0.6) is 0 Å². The van der Waals surface area contributed by atoms with Crippen LogP contribution in [-0.2, 0) is 53.9 Å². The maximum Gasteiger partial charge on any atom is 0.213 e. The first-order valence-electron chi connectivity index (χ1n) is 35.4. The largest absolute Gasteiger partial charge is 0.213 e. The minimum absolute atomic E-state index is 0.300. The molecule has 4 nitrogen and oxygen atoms in total. The maximum atomic E-state index is 2.36. The first kappa shape index (κ1) is 72.7. The molecule has 12 aromatic rings. The topological polar surface area (TPSA) is 15.5 Å². The number of aryl methyl sites for hydroxylation is 11. The molecular weight excluding hydrogens is 1170 g/mol. The summed E-state index contributed by atoms with van der Waals surface area (Å²) in [4.78, 5) is 0. The lowest BCUT2D eigenvalue weighted by Crippen LogP contribution is -2.32. The van der Waals surface area contributed by atoms with Gasteiger partial charge in [0.2, 0.25) is 44.8 Å². The number of rotatable bonds is 8. The molecule has 0 aliphatic rings. The molecule has 0 saturated carbocycles. The summed E-state index contributed by atoms with van der Waals surface area (Å²) >= 11 is 0. The third kappa shape index (κ3) is 18.2. The van der Waals surface area contributed by atoms with Crippen molar-refractivity contribution in [2.45, 2.75) is 171 Å². The van der Waals surface area contributed by atoms with E-state index in [2.05, 4.69) is 380 Å². The summed E-state index contributed by atoms with van der Waals surface area (Å²) in [6, 6.07) is 70.0. The Kier molecular flexibility index (Phi) is 21.9. The van der Waals surface area contributed by atoms with E-state index in [0.717, 1.165) is 25.7 Å². The molecule has 4 aromatic heterocycles. The number of fused-ring (bicyclic) bond motifs is 4. The number of pyridine rings is 4. The smallest absolute Gasteiger partial charge is 0.194 e. The van der Waals surface area contributed by atoms with Gasteiger partial charge < -0.3 is 0 Å². The first-order valence-corrected chi connectivity index (χ1v) is 35.4. The van der Waals surface area contributed by atoms with Crippen molar-refractivity contribution in [1.82, 2.24) is 0 Å². The van der Waals surface area contributed by atoms with Gasteiger partial charge in [-0.15, -0.1) is 0 Å². The Bertz CT molecular complexity index is 4870. The standard InChI is InChI=1S/2C24H30N.C23H28N.C22H26N/c1-16-12-17(2)18(3)21(13-16)23-11-9-20-14-19(15-24(4,5)6)8-10-22(20)25(23)7;1-16-12-17(2)18(3)21(13-16)22-11-10-20-9-8-19(15-24(4,5)6)14-23(20)25(22)7;1-16-7-8-17(2)20(13-16)21-12-11-19-10-9-18(15-23(3,4)5)14-22(19)24(21)6;1-16-8-6-7-9-19(16)20-13-12-18-11-10-17(15-22(2,3)4)14-21(18)23(20)5/h2*8-14H,15H2,1-7H3;7-14H,15H2,1-6H3;6-14H,15H2,1-5H3/q4*+1. The van der Waals surface area contributed by atoms with Crippen molar-refractivity contribution < 1.29 is 18.3 Å². The second kappa shape index (κ2) is 29.2. The molecule has 12 rings (SSSR count). The Morgan fingerprint density at radius 1 is 0.237 bits per heavy atom. The summed E-state index contributed by atoms with van der Waals surface area (Å²) in [5, 5.41) is 5.20. The Labute approximate surface area is 584 Å². The lowest BCUT2D eigenvalue weighted by Gasteiger charge is -2.18.